The van der Waals surface area contributed by atoms with Crippen LogP contribution in [-0.2, 0) is 0 Å². The Morgan fingerprint density at radius 1 is 1.42 bits per heavy atom. The fourth-order valence-corrected chi connectivity index (χ4v) is 2.72. The maximum atomic E-state index is 12.7. The molecule has 106 valence electrons. The third-order valence-corrected chi connectivity index (χ3v) is 3.82. The Kier molecular flexibility index (Phi) is 4.23. The van der Waals surface area contributed by atoms with Gasteiger partial charge in [0, 0.05) is 16.7 Å². The van der Waals surface area contributed by atoms with Gasteiger partial charge in [0.2, 0.25) is 0 Å². The molecule has 2 rings (SSSR count). The minimum Gasteiger partial charge on any atom is -0.356 e. The summed E-state index contributed by atoms with van der Waals surface area (Å²) in [5.74, 6) is -1.67. The molecular formula is C12H14BrF3N2O. The van der Waals surface area contributed by atoms with E-state index < -0.39 is 18.1 Å². The van der Waals surface area contributed by atoms with Gasteiger partial charge in [-0.2, -0.15) is 13.2 Å². The van der Waals surface area contributed by atoms with Crippen LogP contribution in [0.25, 0.3) is 0 Å². The van der Waals surface area contributed by atoms with E-state index in [1.54, 1.807) is 12.3 Å². The van der Waals surface area contributed by atoms with E-state index in [-0.39, 0.29) is 18.7 Å². The predicted molar refractivity (Wildman–Crippen MR) is 67.8 cm³/mol. The summed E-state index contributed by atoms with van der Waals surface area (Å²) in [5, 5.41) is 2.66. The lowest BCUT2D eigenvalue weighted by Gasteiger charge is -2.30. The highest BCUT2D eigenvalue weighted by Crippen LogP contribution is 2.37. The molecule has 7 heteroatoms. The van der Waals surface area contributed by atoms with Gasteiger partial charge in [0.05, 0.1) is 5.92 Å². The highest BCUT2D eigenvalue weighted by atomic mass is 79.9. The van der Waals surface area contributed by atoms with Gasteiger partial charge < -0.3 is 10.3 Å². The number of nitrogens with one attached hydrogen (secondary N) is 2. The maximum absolute atomic E-state index is 12.7. The van der Waals surface area contributed by atoms with Crippen LogP contribution in [0.3, 0.4) is 0 Å². The van der Waals surface area contributed by atoms with Crippen LogP contribution in [-0.4, -0.2) is 23.1 Å². The molecule has 1 saturated carbocycles. The molecule has 1 aromatic heterocycles. The average molecular weight is 339 g/mol. The molecule has 2 unspecified atom stereocenters. The fraction of sp³-hybridized carbons (Fsp3) is 0.583. The van der Waals surface area contributed by atoms with Crippen molar-refractivity contribution in [1.29, 1.82) is 0 Å². The molecule has 1 aliphatic carbocycles. The van der Waals surface area contributed by atoms with Crippen molar-refractivity contribution in [3.63, 3.8) is 0 Å². The van der Waals surface area contributed by atoms with Gasteiger partial charge in [-0.1, -0.05) is 6.42 Å². The maximum Gasteiger partial charge on any atom is 0.391 e. The van der Waals surface area contributed by atoms with E-state index in [0.717, 1.165) is 4.47 Å². The number of hydrogen-bond acceptors (Lipinski definition) is 1. The Morgan fingerprint density at radius 3 is 2.74 bits per heavy atom. The van der Waals surface area contributed by atoms with Gasteiger partial charge >= 0.3 is 6.18 Å². The van der Waals surface area contributed by atoms with Crippen LogP contribution in [0.4, 0.5) is 13.2 Å². The lowest BCUT2D eigenvalue weighted by atomic mass is 9.85. The first kappa shape index (κ1) is 14.4. The number of amides is 1. The highest BCUT2D eigenvalue weighted by molar-refractivity contribution is 9.10. The highest BCUT2D eigenvalue weighted by Gasteiger charge is 2.42. The molecule has 1 aromatic rings. The Labute approximate surface area is 117 Å². The second-order valence-corrected chi connectivity index (χ2v) is 5.72. The predicted octanol–water partition coefficient (Wildman–Crippen LogP) is 3.63. The first-order valence-corrected chi connectivity index (χ1v) is 6.87. The van der Waals surface area contributed by atoms with Gasteiger partial charge in [-0.15, -0.1) is 0 Å². The van der Waals surface area contributed by atoms with Crippen molar-refractivity contribution in [3.8, 4) is 0 Å². The molecule has 1 amide bonds. The third-order valence-electron chi connectivity index (χ3n) is 3.36. The molecule has 0 spiro atoms. The van der Waals surface area contributed by atoms with Crippen LogP contribution in [0, 0.1) is 5.92 Å². The molecule has 2 N–H and O–H groups in total. The molecule has 0 aliphatic heterocycles. The van der Waals surface area contributed by atoms with Crippen LogP contribution < -0.4 is 5.32 Å². The van der Waals surface area contributed by atoms with Crippen LogP contribution in [0.1, 0.15) is 36.2 Å². The van der Waals surface area contributed by atoms with E-state index in [0.29, 0.717) is 18.5 Å². The fourth-order valence-electron chi connectivity index (χ4n) is 2.38. The number of aromatic amines is 1. The summed E-state index contributed by atoms with van der Waals surface area (Å²) in [5.41, 5.74) is 0.348. The number of carbonyl (C=O) groups excluding carboxylic acids is 1. The molecule has 0 aromatic carbocycles. The number of H-pyrrole nitrogens is 1. The zero-order chi connectivity index (χ0) is 14.0. The Hall–Kier alpha value is -0.980. The number of aromatic nitrogens is 1. The summed E-state index contributed by atoms with van der Waals surface area (Å²) < 4.78 is 38.7. The second-order valence-electron chi connectivity index (χ2n) is 4.81. The first-order chi connectivity index (χ1) is 8.86. The number of hydrogen-bond donors (Lipinski definition) is 2. The quantitative estimate of drug-likeness (QED) is 0.849. The van der Waals surface area contributed by atoms with Crippen molar-refractivity contribution in [1.82, 2.24) is 10.3 Å². The molecule has 1 fully saturated rings. The summed E-state index contributed by atoms with van der Waals surface area (Å²) in [6, 6.07) is 1.19. The number of rotatable bonds is 2. The molecule has 0 bridgehead atoms. The first-order valence-electron chi connectivity index (χ1n) is 6.08. The summed E-state index contributed by atoms with van der Waals surface area (Å²) in [7, 11) is 0. The van der Waals surface area contributed by atoms with Gasteiger partial charge in [-0.05, 0) is 41.3 Å². The van der Waals surface area contributed by atoms with E-state index in [1.807, 2.05) is 0 Å². The molecule has 2 atom stereocenters. The van der Waals surface area contributed by atoms with Crippen LogP contribution in [0.15, 0.2) is 16.7 Å². The standard InChI is InChI=1S/C12H14BrF3N2O/c13-8-5-10(17-6-8)11(19)18-9-3-1-2-7(4-9)12(14,15)16/h5-7,9,17H,1-4H2,(H,18,19). The number of alkyl halides is 3. The van der Waals surface area contributed by atoms with E-state index in [2.05, 4.69) is 26.2 Å². The monoisotopic (exact) mass is 338 g/mol. The summed E-state index contributed by atoms with van der Waals surface area (Å²) in [6.45, 7) is 0. The van der Waals surface area contributed by atoms with Crippen molar-refractivity contribution in [2.45, 2.75) is 37.9 Å². The van der Waals surface area contributed by atoms with Crippen molar-refractivity contribution >= 4 is 21.8 Å². The third kappa shape index (κ3) is 3.75. The molecule has 1 aliphatic rings. The lowest BCUT2D eigenvalue weighted by Crippen LogP contribution is -2.41. The Morgan fingerprint density at radius 2 is 2.16 bits per heavy atom. The minimum absolute atomic E-state index is 0.0306. The van der Waals surface area contributed by atoms with Gasteiger partial charge in [-0.3, -0.25) is 4.79 Å². The van der Waals surface area contributed by atoms with Crippen LogP contribution in [0.5, 0.6) is 0 Å². The minimum atomic E-state index is -4.17. The molecule has 19 heavy (non-hydrogen) atoms. The Bertz CT molecular complexity index is 458. The summed E-state index contributed by atoms with van der Waals surface area (Å²) >= 11 is 3.20. The summed E-state index contributed by atoms with van der Waals surface area (Å²) in [4.78, 5) is 14.6. The smallest absolute Gasteiger partial charge is 0.356 e. The zero-order valence-corrected chi connectivity index (χ0v) is 11.6. The molecular weight excluding hydrogens is 325 g/mol. The van der Waals surface area contributed by atoms with E-state index >= 15 is 0 Å². The zero-order valence-electron chi connectivity index (χ0n) is 10.1. The van der Waals surface area contributed by atoms with Crippen molar-refractivity contribution in [2.75, 3.05) is 0 Å². The van der Waals surface area contributed by atoms with Gasteiger partial charge in [0.25, 0.3) is 5.91 Å². The van der Waals surface area contributed by atoms with E-state index in [4.69, 9.17) is 0 Å². The van der Waals surface area contributed by atoms with Gasteiger partial charge in [0.1, 0.15) is 5.69 Å². The van der Waals surface area contributed by atoms with Crippen molar-refractivity contribution in [3.05, 3.63) is 22.4 Å². The second kappa shape index (κ2) is 5.56. The number of halogens is 4. The topological polar surface area (TPSA) is 44.9 Å². The van der Waals surface area contributed by atoms with Crippen LogP contribution in [0.2, 0.25) is 0 Å². The summed E-state index contributed by atoms with van der Waals surface area (Å²) in [6.07, 6.45) is -1.35. The van der Waals surface area contributed by atoms with E-state index in [1.165, 1.54) is 0 Å². The van der Waals surface area contributed by atoms with Crippen molar-refractivity contribution < 1.29 is 18.0 Å². The molecule has 1 heterocycles. The lowest BCUT2D eigenvalue weighted by molar-refractivity contribution is -0.183. The molecule has 0 radical (unpaired) electrons. The van der Waals surface area contributed by atoms with Gasteiger partial charge in [0.15, 0.2) is 0 Å². The van der Waals surface area contributed by atoms with E-state index in [9.17, 15) is 18.0 Å². The molecule has 0 saturated heterocycles. The van der Waals surface area contributed by atoms with Gasteiger partial charge in [-0.25, -0.2) is 0 Å². The SMILES string of the molecule is O=C(NC1CCCC(C(F)(F)F)C1)c1cc(Br)c[nH]1. The largest absolute Gasteiger partial charge is 0.391 e. The number of carbonyl (C=O) groups is 1. The average Bonchev–Trinajstić information content (AvgIpc) is 2.75. The Balaban J connectivity index is 1.94. The van der Waals surface area contributed by atoms with Crippen LogP contribution >= 0.6 is 15.9 Å². The normalized spacial score (nSPS) is 24.2. The molecule has 3 nitrogen and oxygen atoms in total. The van der Waals surface area contributed by atoms with Crippen molar-refractivity contribution in [2.24, 2.45) is 5.92 Å².